The average Bonchev–Trinajstić information content (AvgIpc) is 3.73. The number of esters is 1. The largest absolute Gasteiger partial charge is 0.492 e. The van der Waals surface area contributed by atoms with Gasteiger partial charge >= 0.3 is 5.97 Å². The normalized spacial score (nSPS) is 18.8. The summed E-state index contributed by atoms with van der Waals surface area (Å²) in [6, 6.07) is 25.1. The standard InChI is InChI=1S/C33H34N6O3/c1-35-19-30(37-34)27-17-28(27)32-29(33(40)41-2)18-36-39(32)26-11-6-10-24(16-26)23-9-5-7-22(15-23)20-38-13-14-42-31-12-4-3-8-25(31)21-38/h3-12,15-16,18-19,27-28H,13-14,17,20-21,34H2,1-2H3. The molecule has 1 saturated carbocycles. The number of aliphatic imine (C=N–C) groups is 1. The van der Waals surface area contributed by atoms with Crippen molar-refractivity contribution in [2.45, 2.75) is 25.4 Å². The Labute approximate surface area is 245 Å². The van der Waals surface area contributed by atoms with Crippen molar-refractivity contribution in [1.29, 1.82) is 0 Å². The van der Waals surface area contributed by atoms with Crippen molar-refractivity contribution in [3.05, 3.63) is 101 Å². The summed E-state index contributed by atoms with van der Waals surface area (Å²) >= 11 is 0. The van der Waals surface area contributed by atoms with Gasteiger partial charge in [-0.1, -0.05) is 48.5 Å². The Morgan fingerprint density at radius 3 is 2.74 bits per heavy atom. The lowest BCUT2D eigenvalue weighted by molar-refractivity contribution is 0.0599. The number of methoxy groups -OCH3 is 1. The van der Waals surface area contributed by atoms with E-state index in [9.17, 15) is 4.79 Å². The maximum Gasteiger partial charge on any atom is 0.341 e. The smallest absolute Gasteiger partial charge is 0.341 e. The Bertz CT molecular complexity index is 1660. The van der Waals surface area contributed by atoms with Crippen LogP contribution in [0.1, 0.15) is 39.5 Å². The predicted octanol–water partition coefficient (Wildman–Crippen LogP) is 4.84. The maximum atomic E-state index is 12.7. The summed E-state index contributed by atoms with van der Waals surface area (Å²) in [5, 5.41) is 8.56. The van der Waals surface area contributed by atoms with Crippen LogP contribution in [0.4, 0.5) is 0 Å². The number of aromatic nitrogens is 2. The van der Waals surface area contributed by atoms with Crippen LogP contribution in [-0.4, -0.2) is 59.9 Å². The molecule has 0 bridgehead atoms. The number of hydrogen-bond acceptors (Lipinski definition) is 8. The molecular weight excluding hydrogens is 528 g/mol. The summed E-state index contributed by atoms with van der Waals surface area (Å²) in [7, 11) is 3.07. The Balaban J connectivity index is 1.28. The van der Waals surface area contributed by atoms with Gasteiger partial charge in [0.25, 0.3) is 0 Å². The maximum absolute atomic E-state index is 12.7. The van der Waals surface area contributed by atoms with Gasteiger partial charge in [-0.2, -0.15) is 10.2 Å². The van der Waals surface area contributed by atoms with Crippen LogP contribution in [0.5, 0.6) is 5.75 Å². The number of carbonyl (C=O) groups is 1. The molecule has 2 unspecified atom stereocenters. The lowest BCUT2D eigenvalue weighted by Gasteiger charge is -2.20. The molecule has 3 aromatic carbocycles. The topological polar surface area (TPSA) is 107 Å². The summed E-state index contributed by atoms with van der Waals surface area (Å²) in [5.74, 6) is 6.29. The van der Waals surface area contributed by atoms with Gasteiger partial charge in [-0.25, -0.2) is 9.48 Å². The second-order valence-corrected chi connectivity index (χ2v) is 10.7. The van der Waals surface area contributed by atoms with E-state index in [4.69, 9.17) is 15.3 Å². The van der Waals surface area contributed by atoms with E-state index in [1.54, 1.807) is 19.5 Å². The predicted molar refractivity (Wildman–Crippen MR) is 163 cm³/mol. The van der Waals surface area contributed by atoms with Crippen molar-refractivity contribution in [2.75, 3.05) is 27.3 Å². The highest BCUT2D eigenvalue weighted by molar-refractivity contribution is 6.32. The van der Waals surface area contributed by atoms with E-state index in [1.807, 2.05) is 28.9 Å². The quantitative estimate of drug-likeness (QED) is 0.143. The van der Waals surface area contributed by atoms with E-state index >= 15 is 0 Å². The summed E-state index contributed by atoms with van der Waals surface area (Å²) in [4.78, 5) is 19.2. The highest BCUT2D eigenvalue weighted by atomic mass is 16.5. The van der Waals surface area contributed by atoms with Crippen molar-refractivity contribution < 1.29 is 14.3 Å². The van der Waals surface area contributed by atoms with E-state index in [1.165, 1.54) is 18.2 Å². The van der Waals surface area contributed by atoms with Gasteiger partial charge < -0.3 is 15.3 Å². The van der Waals surface area contributed by atoms with E-state index in [0.29, 0.717) is 17.9 Å². The fraction of sp³-hybridized carbons (Fsp3) is 0.273. The molecule has 1 aromatic heterocycles. The van der Waals surface area contributed by atoms with Gasteiger partial charge in [0.05, 0.1) is 30.4 Å². The number of hydrazone groups is 1. The number of hydrogen-bond donors (Lipinski definition) is 1. The Kier molecular flexibility index (Phi) is 7.83. The molecule has 1 fully saturated rings. The number of nitrogens with two attached hydrogens (primary N) is 1. The number of benzene rings is 3. The number of nitrogens with zero attached hydrogens (tertiary/aromatic N) is 5. The van der Waals surface area contributed by atoms with E-state index < -0.39 is 5.97 Å². The first-order valence-corrected chi connectivity index (χ1v) is 14.1. The van der Waals surface area contributed by atoms with Gasteiger partial charge in [0.1, 0.15) is 17.9 Å². The van der Waals surface area contributed by atoms with Crippen LogP contribution in [0.2, 0.25) is 0 Å². The average molecular weight is 563 g/mol. The molecule has 9 heteroatoms. The van der Waals surface area contributed by atoms with Crippen molar-refractivity contribution in [2.24, 2.45) is 21.9 Å². The second kappa shape index (κ2) is 12.0. The molecule has 1 aliphatic heterocycles. The molecule has 42 heavy (non-hydrogen) atoms. The van der Waals surface area contributed by atoms with Gasteiger partial charge in [0.15, 0.2) is 0 Å². The lowest BCUT2D eigenvalue weighted by atomic mass is 10.0. The van der Waals surface area contributed by atoms with Gasteiger partial charge in [0, 0.05) is 50.3 Å². The SMILES string of the molecule is CN=CC(=NN)C1CC1c1c(C(=O)OC)cnn1-c1cccc(-c2cccc(CN3CCOc4ccccc4C3)c2)c1. The first-order chi connectivity index (χ1) is 20.6. The molecule has 2 atom stereocenters. The molecule has 0 saturated heterocycles. The molecule has 4 aromatic rings. The fourth-order valence-electron chi connectivity index (χ4n) is 5.81. The summed E-state index contributed by atoms with van der Waals surface area (Å²) in [6.45, 7) is 3.21. The molecule has 0 radical (unpaired) electrons. The van der Waals surface area contributed by atoms with Crippen LogP contribution in [-0.2, 0) is 17.8 Å². The third kappa shape index (κ3) is 5.56. The molecule has 6 rings (SSSR count). The highest BCUT2D eigenvalue weighted by Crippen LogP contribution is 2.50. The van der Waals surface area contributed by atoms with Crippen LogP contribution in [0.25, 0.3) is 16.8 Å². The zero-order valence-corrected chi connectivity index (χ0v) is 23.8. The summed E-state index contributed by atoms with van der Waals surface area (Å²) < 4.78 is 12.9. The monoisotopic (exact) mass is 562 g/mol. The van der Waals surface area contributed by atoms with Crippen LogP contribution < -0.4 is 10.6 Å². The number of carbonyl (C=O) groups excluding carboxylic acids is 1. The second-order valence-electron chi connectivity index (χ2n) is 10.7. The van der Waals surface area contributed by atoms with Crippen molar-refractivity contribution in [3.63, 3.8) is 0 Å². The number of para-hydroxylation sites is 1. The summed E-state index contributed by atoms with van der Waals surface area (Å²) in [5.41, 5.74) is 7.44. The molecule has 2 aliphatic rings. The minimum absolute atomic E-state index is 0.0246. The highest BCUT2D eigenvalue weighted by Gasteiger charge is 2.46. The minimum Gasteiger partial charge on any atom is -0.492 e. The molecule has 214 valence electrons. The first-order valence-electron chi connectivity index (χ1n) is 14.1. The third-order valence-electron chi connectivity index (χ3n) is 7.93. The first kappa shape index (κ1) is 27.4. The molecule has 0 spiro atoms. The molecular formula is C33H34N6O3. The van der Waals surface area contributed by atoms with E-state index in [0.717, 1.165) is 54.3 Å². The lowest BCUT2D eigenvalue weighted by Crippen LogP contribution is -2.25. The molecule has 2 heterocycles. The Morgan fingerprint density at radius 2 is 1.93 bits per heavy atom. The molecule has 9 nitrogen and oxygen atoms in total. The molecule has 0 amide bonds. The minimum atomic E-state index is -0.414. The Hall–Kier alpha value is -4.76. The van der Waals surface area contributed by atoms with Gasteiger partial charge in [-0.3, -0.25) is 9.89 Å². The van der Waals surface area contributed by atoms with Crippen molar-refractivity contribution in [1.82, 2.24) is 14.7 Å². The molecule has 2 N–H and O–H groups in total. The van der Waals surface area contributed by atoms with Gasteiger partial charge in [-0.05, 0) is 47.4 Å². The van der Waals surface area contributed by atoms with Gasteiger partial charge in [0.2, 0.25) is 0 Å². The number of ether oxygens (including phenoxy) is 2. The van der Waals surface area contributed by atoms with Crippen LogP contribution in [0, 0.1) is 5.92 Å². The van der Waals surface area contributed by atoms with Crippen LogP contribution in [0.3, 0.4) is 0 Å². The van der Waals surface area contributed by atoms with Crippen LogP contribution >= 0.6 is 0 Å². The van der Waals surface area contributed by atoms with Crippen molar-refractivity contribution >= 4 is 17.9 Å². The fourth-order valence-corrected chi connectivity index (χ4v) is 5.81. The number of rotatable bonds is 8. The summed E-state index contributed by atoms with van der Waals surface area (Å²) in [6.07, 6.45) is 4.06. The van der Waals surface area contributed by atoms with E-state index in [-0.39, 0.29) is 11.8 Å². The Morgan fingerprint density at radius 1 is 1.12 bits per heavy atom. The van der Waals surface area contributed by atoms with Crippen molar-refractivity contribution in [3.8, 4) is 22.6 Å². The van der Waals surface area contributed by atoms with Gasteiger partial charge in [-0.15, -0.1) is 0 Å². The third-order valence-corrected chi connectivity index (χ3v) is 7.93. The number of fused-ring (bicyclic) bond motifs is 1. The zero-order valence-electron chi connectivity index (χ0n) is 23.8. The van der Waals surface area contributed by atoms with E-state index in [2.05, 4.69) is 68.6 Å². The van der Waals surface area contributed by atoms with Crippen LogP contribution in [0.15, 0.2) is 89.1 Å². The zero-order chi connectivity index (χ0) is 29.1. The molecule has 1 aliphatic carbocycles.